The summed E-state index contributed by atoms with van der Waals surface area (Å²) in [7, 11) is 0. The van der Waals surface area contributed by atoms with E-state index in [1.807, 2.05) is 20.8 Å². The molecule has 0 aliphatic heterocycles. The molecule has 0 spiro atoms. The number of aromatic nitrogens is 2. The number of carbonyl (C=O) groups excluding carboxylic acids is 1. The molecule has 0 fully saturated rings. The number of rotatable bonds is 5. The molecule has 0 saturated heterocycles. The molecule has 6 nitrogen and oxygen atoms in total. The van der Waals surface area contributed by atoms with Crippen LogP contribution in [-0.4, -0.2) is 21.6 Å². The number of amides is 1. The van der Waals surface area contributed by atoms with Crippen LogP contribution >= 0.6 is 0 Å². The minimum Gasteiger partial charge on any atom is -0.346 e. The maximum Gasteiger partial charge on any atom is 0.272 e. The Labute approximate surface area is 101 Å². The van der Waals surface area contributed by atoms with Crippen molar-refractivity contribution in [1.82, 2.24) is 15.5 Å². The van der Waals surface area contributed by atoms with Gasteiger partial charge in [-0.05, 0) is 31.9 Å². The van der Waals surface area contributed by atoms with Crippen LogP contribution in [0.1, 0.15) is 44.1 Å². The minimum absolute atomic E-state index is 0.205. The number of nitrogens with one attached hydrogen (secondary N) is 2. The van der Waals surface area contributed by atoms with Crippen molar-refractivity contribution in [3.05, 3.63) is 17.8 Å². The summed E-state index contributed by atoms with van der Waals surface area (Å²) in [5, 5.41) is 10.5. The van der Waals surface area contributed by atoms with E-state index in [0.717, 1.165) is 12.8 Å². The lowest BCUT2D eigenvalue weighted by molar-refractivity contribution is 0.0895. The standard InChI is InChI=1S/C11H19N5O/c1-4-11(3,5-2)13-10(17)8-6-7-9(14-12)16-15-8/h6-7H,4-5,12H2,1-3H3,(H,13,17)(H,14,16). The molecule has 1 heterocycles. The molecule has 1 aromatic heterocycles. The summed E-state index contributed by atoms with van der Waals surface area (Å²) in [6.45, 7) is 6.09. The van der Waals surface area contributed by atoms with Gasteiger partial charge in [-0.25, -0.2) is 5.84 Å². The lowest BCUT2D eigenvalue weighted by atomic mass is 9.95. The monoisotopic (exact) mass is 237 g/mol. The fraction of sp³-hybridized carbons (Fsp3) is 0.545. The van der Waals surface area contributed by atoms with Crippen molar-refractivity contribution in [2.45, 2.75) is 39.2 Å². The molecular weight excluding hydrogens is 218 g/mol. The van der Waals surface area contributed by atoms with E-state index in [1.54, 1.807) is 12.1 Å². The molecule has 17 heavy (non-hydrogen) atoms. The largest absolute Gasteiger partial charge is 0.346 e. The molecule has 1 amide bonds. The summed E-state index contributed by atoms with van der Waals surface area (Å²) >= 11 is 0. The van der Waals surface area contributed by atoms with Gasteiger partial charge in [0.1, 0.15) is 0 Å². The first-order chi connectivity index (χ1) is 8.04. The van der Waals surface area contributed by atoms with Crippen molar-refractivity contribution in [1.29, 1.82) is 0 Å². The maximum atomic E-state index is 11.9. The van der Waals surface area contributed by atoms with Gasteiger partial charge in [0.15, 0.2) is 11.5 Å². The smallest absolute Gasteiger partial charge is 0.272 e. The van der Waals surface area contributed by atoms with E-state index in [4.69, 9.17) is 5.84 Å². The zero-order valence-corrected chi connectivity index (χ0v) is 10.4. The predicted molar refractivity (Wildman–Crippen MR) is 66.3 cm³/mol. The molecule has 1 rings (SSSR count). The van der Waals surface area contributed by atoms with E-state index in [9.17, 15) is 4.79 Å². The third-order valence-corrected chi connectivity index (χ3v) is 3.02. The number of anilines is 1. The predicted octanol–water partition coefficient (Wildman–Crippen LogP) is 1.07. The van der Waals surface area contributed by atoms with Gasteiger partial charge in [-0.15, -0.1) is 10.2 Å². The van der Waals surface area contributed by atoms with Crippen molar-refractivity contribution < 1.29 is 4.79 Å². The van der Waals surface area contributed by atoms with Crippen LogP contribution in [0.25, 0.3) is 0 Å². The SMILES string of the molecule is CCC(C)(CC)NC(=O)c1ccc(NN)nn1. The molecule has 0 atom stereocenters. The molecule has 94 valence electrons. The molecular formula is C11H19N5O. The normalized spacial score (nSPS) is 11.1. The van der Waals surface area contributed by atoms with Gasteiger partial charge < -0.3 is 10.7 Å². The first-order valence-corrected chi connectivity index (χ1v) is 5.67. The quantitative estimate of drug-likeness (QED) is 0.526. The maximum absolute atomic E-state index is 11.9. The highest BCUT2D eigenvalue weighted by atomic mass is 16.2. The number of nitrogens with two attached hydrogens (primary N) is 1. The molecule has 0 aliphatic rings. The zero-order valence-electron chi connectivity index (χ0n) is 10.4. The summed E-state index contributed by atoms with van der Waals surface area (Å²) < 4.78 is 0. The number of hydrogen-bond donors (Lipinski definition) is 3. The summed E-state index contributed by atoms with van der Waals surface area (Å²) in [5.41, 5.74) is 2.44. The molecule has 0 radical (unpaired) electrons. The molecule has 0 aliphatic carbocycles. The van der Waals surface area contributed by atoms with Crippen LogP contribution in [0.15, 0.2) is 12.1 Å². The lowest BCUT2D eigenvalue weighted by Gasteiger charge is -2.27. The van der Waals surface area contributed by atoms with Crippen LogP contribution in [0, 0.1) is 0 Å². The fourth-order valence-electron chi connectivity index (χ4n) is 1.30. The van der Waals surface area contributed by atoms with E-state index < -0.39 is 0 Å². The molecule has 0 bridgehead atoms. The summed E-state index contributed by atoms with van der Waals surface area (Å²) in [6, 6.07) is 3.19. The average Bonchev–Trinajstić information content (AvgIpc) is 2.38. The van der Waals surface area contributed by atoms with Gasteiger partial charge in [-0.3, -0.25) is 4.79 Å². The zero-order chi connectivity index (χ0) is 12.9. The molecule has 4 N–H and O–H groups in total. The van der Waals surface area contributed by atoms with Crippen LogP contribution < -0.4 is 16.6 Å². The highest BCUT2D eigenvalue weighted by Gasteiger charge is 2.23. The number of hydrazine groups is 1. The van der Waals surface area contributed by atoms with Crippen molar-refractivity contribution >= 4 is 11.7 Å². The van der Waals surface area contributed by atoms with Crippen LogP contribution in [-0.2, 0) is 0 Å². The van der Waals surface area contributed by atoms with E-state index in [2.05, 4.69) is 20.9 Å². The van der Waals surface area contributed by atoms with Crippen LogP contribution in [0.5, 0.6) is 0 Å². The second-order valence-electron chi connectivity index (χ2n) is 4.17. The van der Waals surface area contributed by atoms with E-state index in [1.165, 1.54) is 0 Å². The van der Waals surface area contributed by atoms with Gasteiger partial charge in [0.2, 0.25) is 0 Å². The first kappa shape index (κ1) is 13.4. The Bertz CT molecular complexity index is 372. The second kappa shape index (κ2) is 5.58. The Morgan fingerprint density at radius 3 is 2.41 bits per heavy atom. The fourth-order valence-corrected chi connectivity index (χ4v) is 1.30. The van der Waals surface area contributed by atoms with Crippen molar-refractivity contribution in [2.24, 2.45) is 5.84 Å². The van der Waals surface area contributed by atoms with Gasteiger partial charge in [0, 0.05) is 5.54 Å². The minimum atomic E-state index is -0.215. The van der Waals surface area contributed by atoms with Gasteiger partial charge >= 0.3 is 0 Å². The second-order valence-corrected chi connectivity index (χ2v) is 4.17. The van der Waals surface area contributed by atoms with Crippen molar-refractivity contribution in [3.8, 4) is 0 Å². The Hall–Kier alpha value is -1.69. The average molecular weight is 237 g/mol. The lowest BCUT2D eigenvalue weighted by Crippen LogP contribution is -2.45. The number of hydrogen-bond acceptors (Lipinski definition) is 5. The van der Waals surface area contributed by atoms with E-state index in [0.29, 0.717) is 5.82 Å². The Balaban J connectivity index is 2.75. The molecule has 0 unspecified atom stereocenters. The highest BCUT2D eigenvalue weighted by Crippen LogP contribution is 2.14. The Morgan fingerprint density at radius 2 is 2.00 bits per heavy atom. The van der Waals surface area contributed by atoms with Crippen LogP contribution in [0.4, 0.5) is 5.82 Å². The Morgan fingerprint density at radius 1 is 1.35 bits per heavy atom. The van der Waals surface area contributed by atoms with Gasteiger partial charge in [0.25, 0.3) is 5.91 Å². The Kier molecular flexibility index (Phi) is 4.39. The molecule has 0 saturated carbocycles. The topological polar surface area (TPSA) is 92.9 Å². The van der Waals surface area contributed by atoms with Gasteiger partial charge in [-0.1, -0.05) is 13.8 Å². The number of nitrogens with zero attached hydrogens (tertiary/aromatic N) is 2. The molecule has 1 aromatic rings. The molecule has 6 heteroatoms. The van der Waals surface area contributed by atoms with E-state index in [-0.39, 0.29) is 17.1 Å². The highest BCUT2D eigenvalue weighted by molar-refractivity contribution is 5.92. The summed E-state index contributed by atoms with van der Waals surface area (Å²) in [4.78, 5) is 11.9. The van der Waals surface area contributed by atoms with Crippen LogP contribution in [0.2, 0.25) is 0 Å². The summed E-state index contributed by atoms with van der Waals surface area (Å²) in [5.74, 6) is 5.38. The van der Waals surface area contributed by atoms with Crippen LogP contribution in [0.3, 0.4) is 0 Å². The number of carbonyl (C=O) groups is 1. The van der Waals surface area contributed by atoms with Crippen molar-refractivity contribution in [3.63, 3.8) is 0 Å². The van der Waals surface area contributed by atoms with Crippen molar-refractivity contribution in [2.75, 3.05) is 5.43 Å². The summed E-state index contributed by atoms with van der Waals surface area (Å²) in [6.07, 6.45) is 1.73. The first-order valence-electron chi connectivity index (χ1n) is 5.67. The molecule has 0 aromatic carbocycles. The van der Waals surface area contributed by atoms with Gasteiger partial charge in [0.05, 0.1) is 0 Å². The third-order valence-electron chi connectivity index (χ3n) is 3.02. The number of nitrogen functional groups attached to an aromatic ring is 1. The third kappa shape index (κ3) is 3.39. The van der Waals surface area contributed by atoms with Gasteiger partial charge in [-0.2, -0.15) is 0 Å². The van der Waals surface area contributed by atoms with E-state index >= 15 is 0 Å².